The zero-order valence-corrected chi connectivity index (χ0v) is 14.4. The highest BCUT2D eigenvalue weighted by atomic mass is 32.1. The van der Waals surface area contributed by atoms with E-state index in [1.165, 1.54) is 11.3 Å². The molecule has 2 atom stereocenters. The van der Waals surface area contributed by atoms with Gasteiger partial charge in [-0.25, -0.2) is 0 Å². The van der Waals surface area contributed by atoms with Crippen molar-refractivity contribution in [1.29, 1.82) is 5.26 Å². The molecular weight excluding hydrogens is 320 g/mol. The van der Waals surface area contributed by atoms with Crippen LogP contribution >= 0.6 is 11.3 Å². The first-order valence-electron chi connectivity index (χ1n) is 8.16. The van der Waals surface area contributed by atoms with Gasteiger partial charge in [-0.3, -0.25) is 4.79 Å². The number of nitrogens with zero attached hydrogens (tertiary/aromatic N) is 1. The number of aliphatic hydroxyl groups excluding tert-OH is 1. The first kappa shape index (κ1) is 16.7. The molecule has 0 bridgehead atoms. The molecule has 24 heavy (non-hydrogen) atoms. The van der Waals surface area contributed by atoms with E-state index >= 15 is 0 Å². The molecular formula is C19H20N2O2S. The van der Waals surface area contributed by atoms with Gasteiger partial charge in [0.15, 0.2) is 0 Å². The summed E-state index contributed by atoms with van der Waals surface area (Å²) < 4.78 is 0. The van der Waals surface area contributed by atoms with Crippen LogP contribution < -0.4 is 5.32 Å². The summed E-state index contributed by atoms with van der Waals surface area (Å²) in [5.41, 5.74) is 2.70. The predicted octanol–water partition coefficient (Wildman–Crippen LogP) is 3.60. The van der Waals surface area contributed by atoms with Crippen LogP contribution in [0.15, 0.2) is 30.3 Å². The zero-order chi connectivity index (χ0) is 17.1. The molecule has 1 aliphatic rings. The molecule has 0 saturated carbocycles. The molecule has 1 amide bonds. The van der Waals surface area contributed by atoms with E-state index in [1.807, 2.05) is 37.3 Å². The second kappa shape index (κ2) is 7.16. The zero-order valence-electron chi connectivity index (χ0n) is 13.6. The molecule has 0 fully saturated rings. The first-order valence-corrected chi connectivity index (χ1v) is 8.97. The number of carbonyl (C=O) groups is 1. The fourth-order valence-electron chi connectivity index (χ4n) is 3.13. The topological polar surface area (TPSA) is 73.1 Å². The quantitative estimate of drug-likeness (QED) is 0.893. The van der Waals surface area contributed by atoms with Gasteiger partial charge >= 0.3 is 0 Å². The molecule has 4 nitrogen and oxygen atoms in total. The Bertz CT molecular complexity index is 777. The summed E-state index contributed by atoms with van der Waals surface area (Å²) in [5, 5.41) is 22.8. The molecule has 0 spiro atoms. The van der Waals surface area contributed by atoms with Crippen LogP contribution in [0.4, 0.5) is 5.00 Å². The lowest BCUT2D eigenvalue weighted by Gasteiger charge is -2.16. The number of anilines is 1. The molecule has 0 radical (unpaired) electrons. The summed E-state index contributed by atoms with van der Waals surface area (Å²) in [6.07, 6.45) is 1.98. The van der Waals surface area contributed by atoms with Crippen LogP contribution in [-0.2, 0) is 17.6 Å². The maximum Gasteiger partial charge on any atom is 0.225 e. The Balaban J connectivity index is 1.72. The van der Waals surface area contributed by atoms with Crippen molar-refractivity contribution in [2.75, 3.05) is 5.32 Å². The molecule has 1 aliphatic carbocycles. The lowest BCUT2D eigenvalue weighted by Crippen LogP contribution is -2.17. The SMILES string of the molecule is CC(CC(=O)Nc1sc2c(c1C#N)CCC(O)C2)c1ccccc1. The van der Waals surface area contributed by atoms with Crippen molar-refractivity contribution in [3.05, 3.63) is 51.9 Å². The molecule has 0 aliphatic heterocycles. The predicted molar refractivity (Wildman–Crippen MR) is 95.2 cm³/mol. The van der Waals surface area contributed by atoms with E-state index in [2.05, 4.69) is 11.4 Å². The van der Waals surface area contributed by atoms with Crippen LogP contribution in [-0.4, -0.2) is 17.1 Å². The molecule has 5 heteroatoms. The van der Waals surface area contributed by atoms with Crippen molar-refractivity contribution in [3.63, 3.8) is 0 Å². The van der Waals surface area contributed by atoms with Gasteiger partial charge in [-0.1, -0.05) is 37.3 Å². The fraction of sp³-hybridized carbons (Fsp3) is 0.368. The molecule has 3 rings (SSSR count). The third-order valence-corrected chi connectivity index (χ3v) is 5.63. The lowest BCUT2D eigenvalue weighted by atomic mass is 9.94. The maximum atomic E-state index is 12.4. The fourth-order valence-corrected chi connectivity index (χ4v) is 4.42. The molecule has 2 aromatic rings. The van der Waals surface area contributed by atoms with Crippen LogP contribution in [0, 0.1) is 11.3 Å². The van der Waals surface area contributed by atoms with Gasteiger partial charge in [-0.05, 0) is 29.9 Å². The van der Waals surface area contributed by atoms with Crippen LogP contribution in [0.25, 0.3) is 0 Å². The number of amides is 1. The van der Waals surface area contributed by atoms with Crippen LogP contribution in [0.1, 0.15) is 47.3 Å². The lowest BCUT2D eigenvalue weighted by molar-refractivity contribution is -0.116. The van der Waals surface area contributed by atoms with Gasteiger partial charge < -0.3 is 10.4 Å². The van der Waals surface area contributed by atoms with Crippen molar-refractivity contribution >= 4 is 22.2 Å². The Hall–Kier alpha value is -2.16. The van der Waals surface area contributed by atoms with Crippen molar-refractivity contribution in [2.24, 2.45) is 0 Å². The standard InChI is InChI=1S/C19H20N2O2S/c1-12(13-5-3-2-4-6-13)9-18(23)21-19-16(11-20)15-8-7-14(22)10-17(15)24-19/h2-6,12,14,22H,7-10H2,1H3,(H,21,23). The van der Waals surface area contributed by atoms with Gasteiger partial charge in [0.1, 0.15) is 11.1 Å². The number of aliphatic hydroxyl groups is 1. The van der Waals surface area contributed by atoms with E-state index in [9.17, 15) is 15.2 Å². The van der Waals surface area contributed by atoms with E-state index < -0.39 is 0 Å². The van der Waals surface area contributed by atoms with Crippen LogP contribution in [0.3, 0.4) is 0 Å². The highest BCUT2D eigenvalue weighted by molar-refractivity contribution is 7.16. The average molecular weight is 340 g/mol. The number of rotatable bonds is 4. The summed E-state index contributed by atoms with van der Waals surface area (Å²) >= 11 is 1.43. The van der Waals surface area contributed by atoms with Gasteiger partial charge in [-0.15, -0.1) is 11.3 Å². The van der Waals surface area contributed by atoms with Crippen molar-refractivity contribution in [1.82, 2.24) is 0 Å². The van der Waals surface area contributed by atoms with E-state index in [1.54, 1.807) is 0 Å². The second-order valence-electron chi connectivity index (χ2n) is 6.28. The summed E-state index contributed by atoms with van der Waals surface area (Å²) in [7, 11) is 0. The van der Waals surface area contributed by atoms with E-state index in [4.69, 9.17) is 0 Å². The van der Waals surface area contributed by atoms with E-state index in [0.717, 1.165) is 16.0 Å². The van der Waals surface area contributed by atoms with Crippen molar-refractivity contribution in [2.45, 2.75) is 44.6 Å². The number of carbonyl (C=O) groups excluding carboxylic acids is 1. The van der Waals surface area contributed by atoms with Gasteiger partial charge in [0.25, 0.3) is 0 Å². The smallest absolute Gasteiger partial charge is 0.225 e. The summed E-state index contributed by atoms with van der Waals surface area (Å²) in [5.74, 6) is 0.0372. The number of nitrogens with one attached hydrogen (secondary N) is 1. The minimum Gasteiger partial charge on any atom is -0.393 e. The molecule has 2 unspecified atom stereocenters. The van der Waals surface area contributed by atoms with Crippen molar-refractivity contribution < 1.29 is 9.90 Å². The molecule has 124 valence electrons. The Morgan fingerprint density at radius 3 is 2.92 bits per heavy atom. The number of nitriles is 1. The molecule has 2 N–H and O–H groups in total. The van der Waals surface area contributed by atoms with Crippen molar-refractivity contribution in [3.8, 4) is 6.07 Å². The van der Waals surface area contributed by atoms with Gasteiger partial charge in [-0.2, -0.15) is 5.26 Å². The van der Waals surface area contributed by atoms with Gasteiger partial charge in [0, 0.05) is 17.7 Å². The number of thiophene rings is 1. The molecule has 1 aromatic heterocycles. The Labute approximate surface area is 145 Å². The van der Waals surface area contributed by atoms with E-state index in [0.29, 0.717) is 36.2 Å². The highest BCUT2D eigenvalue weighted by Crippen LogP contribution is 2.38. The minimum atomic E-state index is -0.343. The van der Waals surface area contributed by atoms with E-state index in [-0.39, 0.29) is 17.9 Å². The summed E-state index contributed by atoms with van der Waals surface area (Å²) in [6, 6.07) is 12.2. The molecule has 1 aromatic carbocycles. The Morgan fingerprint density at radius 1 is 1.46 bits per heavy atom. The summed E-state index contributed by atoms with van der Waals surface area (Å²) in [4.78, 5) is 13.4. The largest absolute Gasteiger partial charge is 0.393 e. The third kappa shape index (κ3) is 3.50. The average Bonchev–Trinajstić information content (AvgIpc) is 2.91. The molecule has 0 saturated heterocycles. The molecule has 1 heterocycles. The number of benzene rings is 1. The second-order valence-corrected chi connectivity index (χ2v) is 7.39. The Morgan fingerprint density at radius 2 is 2.21 bits per heavy atom. The summed E-state index contributed by atoms with van der Waals surface area (Å²) in [6.45, 7) is 2.02. The maximum absolute atomic E-state index is 12.4. The monoisotopic (exact) mass is 340 g/mol. The van der Waals surface area contributed by atoms with Gasteiger partial charge in [0.2, 0.25) is 5.91 Å². The number of fused-ring (bicyclic) bond motifs is 1. The highest BCUT2D eigenvalue weighted by Gasteiger charge is 2.25. The first-order chi connectivity index (χ1) is 11.6. The normalized spacial score (nSPS) is 17.6. The van der Waals surface area contributed by atoms with Gasteiger partial charge in [0.05, 0.1) is 11.7 Å². The Kier molecular flexibility index (Phi) is 4.98. The third-order valence-electron chi connectivity index (χ3n) is 4.46. The number of hydrogen-bond acceptors (Lipinski definition) is 4. The van der Waals surface area contributed by atoms with Crippen LogP contribution in [0.5, 0.6) is 0 Å². The minimum absolute atomic E-state index is 0.0815. The van der Waals surface area contributed by atoms with Crippen LogP contribution in [0.2, 0.25) is 0 Å². The number of hydrogen-bond donors (Lipinski definition) is 2.